The van der Waals surface area contributed by atoms with Gasteiger partial charge in [-0.1, -0.05) is 72.8 Å². The molecule has 0 saturated heterocycles. The molecule has 0 atom stereocenters. The molecule has 0 aromatic heterocycles. The van der Waals surface area contributed by atoms with Crippen molar-refractivity contribution in [1.29, 1.82) is 0 Å². The van der Waals surface area contributed by atoms with Crippen molar-refractivity contribution in [2.24, 2.45) is 0 Å². The van der Waals surface area contributed by atoms with Gasteiger partial charge in [-0.05, 0) is 23.3 Å². The predicted molar refractivity (Wildman–Crippen MR) is 116 cm³/mol. The quantitative estimate of drug-likeness (QED) is 0.339. The molecule has 0 radical (unpaired) electrons. The average molecular weight is 385 g/mol. The van der Waals surface area contributed by atoms with Crippen molar-refractivity contribution >= 4 is 23.0 Å². The number of anilines is 1. The van der Waals surface area contributed by atoms with Gasteiger partial charge in [0.05, 0.1) is 0 Å². The van der Waals surface area contributed by atoms with Gasteiger partial charge < -0.3 is 10.0 Å². The van der Waals surface area contributed by atoms with Crippen molar-refractivity contribution in [3.05, 3.63) is 108 Å². The van der Waals surface area contributed by atoms with Crippen LogP contribution in [0.4, 0.5) is 5.69 Å². The number of Topliss-reactive ketones (excluding diaryl/α,β-unsaturated/α-hetero) is 1. The Morgan fingerprint density at radius 2 is 1.38 bits per heavy atom. The molecule has 1 N–H and O–H groups in total. The van der Waals surface area contributed by atoms with Crippen molar-refractivity contribution in [3.63, 3.8) is 0 Å². The van der Waals surface area contributed by atoms with E-state index in [1.807, 2.05) is 54.6 Å². The SMILES string of the molecule is CC(=O)C(=O)/C=C(\O)c1cccc(N(Cc2ccccc2)Cc2ccccc2)c1. The van der Waals surface area contributed by atoms with Crippen LogP contribution in [0.15, 0.2) is 91.0 Å². The maximum Gasteiger partial charge on any atom is 0.224 e. The third-order valence-electron chi connectivity index (χ3n) is 4.55. The van der Waals surface area contributed by atoms with Gasteiger partial charge in [-0.2, -0.15) is 0 Å². The molecule has 0 amide bonds. The van der Waals surface area contributed by atoms with Gasteiger partial charge in [0.25, 0.3) is 0 Å². The van der Waals surface area contributed by atoms with Crippen molar-refractivity contribution < 1.29 is 14.7 Å². The standard InChI is InChI=1S/C25H23NO3/c1-19(27)24(28)16-25(29)22-13-8-14-23(15-22)26(17-20-9-4-2-5-10-20)18-21-11-6-3-7-12-21/h2-16,29H,17-18H2,1H3/b25-16-. The summed E-state index contributed by atoms with van der Waals surface area (Å²) in [7, 11) is 0. The molecular weight excluding hydrogens is 362 g/mol. The second kappa shape index (κ2) is 9.51. The number of aliphatic hydroxyl groups is 1. The lowest BCUT2D eigenvalue weighted by molar-refractivity contribution is -0.132. The molecule has 0 heterocycles. The highest BCUT2D eigenvalue weighted by Crippen LogP contribution is 2.24. The molecule has 146 valence electrons. The van der Waals surface area contributed by atoms with E-state index < -0.39 is 11.6 Å². The maximum absolute atomic E-state index is 11.6. The molecule has 0 aliphatic carbocycles. The summed E-state index contributed by atoms with van der Waals surface area (Å²) in [6.45, 7) is 2.57. The topological polar surface area (TPSA) is 57.6 Å². The average Bonchev–Trinajstić information content (AvgIpc) is 2.74. The van der Waals surface area contributed by atoms with Gasteiger partial charge in [-0.15, -0.1) is 0 Å². The Balaban J connectivity index is 1.92. The van der Waals surface area contributed by atoms with E-state index in [2.05, 4.69) is 29.2 Å². The second-order valence-corrected chi connectivity index (χ2v) is 6.83. The summed E-state index contributed by atoms with van der Waals surface area (Å²) in [6, 6.07) is 27.6. The van der Waals surface area contributed by atoms with Crippen molar-refractivity contribution in [2.75, 3.05) is 4.90 Å². The molecule has 3 aromatic carbocycles. The monoisotopic (exact) mass is 385 g/mol. The first kappa shape index (κ1) is 20.1. The van der Waals surface area contributed by atoms with Crippen LogP contribution in [0.5, 0.6) is 0 Å². The second-order valence-electron chi connectivity index (χ2n) is 6.83. The van der Waals surface area contributed by atoms with Gasteiger partial charge in [0.1, 0.15) is 5.76 Å². The van der Waals surface area contributed by atoms with Crippen molar-refractivity contribution in [3.8, 4) is 0 Å². The van der Waals surface area contributed by atoms with Crippen LogP contribution < -0.4 is 4.90 Å². The molecule has 0 saturated carbocycles. The minimum atomic E-state index is -0.724. The van der Waals surface area contributed by atoms with Crippen LogP contribution in [0.2, 0.25) is 0 Å². The first-order valence-electron chi connectivity index (χ1n) is 9.42. The molecule has 4 nitrogen and oxygen atoms in total. The van der Waals surface area contributed by atoms with Crippen LogP contribution in [0.25, 0.3) is 5.76 Å². The summed E-state index contributed by atoms with van der Waals surface area (Å²) in [5.74, 6) is -1.55. The van der Waals surface area contributed by atoms with Gasteiger partial charge in [0.15, 0.2) is 5.78 Å². The number of hydrogen-bond donors (Lipinski definition) is 1. The van der Waals surface area contributed by atoms with Crippen LogP contribution in [-0.2, 0) is 22.7 Å². The summed E-state index contributed by atoms with van der Waals surface area (Å²) in [5, 5.41) is 10.3. The molecule has 0 fully saturated rings. The van der Waals surface area contributed by atoms with Crippen molar-refractivity contribution in [2.45, 2.75) is 20.0 Å². The Bertz CT molecular complexity index is 969. The number of aliphatic hydroxyl groups excluding tert-OH is 1. The summed E-state index contributed by atoms with van der Waals surface area (Å²) < 4.78 is 0. The van der Waals surface area contributed by atoms with Crippen LogP contribution in [0, 0.1) is 0 Å². The fraction of sp³-hybridized carbons (Fsp3) is 0.120. The van der Waals surface area contributed by atoms with Crippen LogP contribution in [-0.4, -0.2) is 16.7 Å². The Hall–Kier alpha value is -3.66. The molecule has 29 heavy (non-hydrogen) atoms. The smallest absolute Gasteiger partial charge is 0.224 e. The summed E-state index contributed by atoms with van der Waals surface area (Å²) >= 11 is 0. The van der Waals surface area contributed by atoms with Gasteiger partial charge in [-0.3, -0.25) is 9.59 Å². The number of hydrogen-bond acceptors (Lipinski definition) is 4. The summed E-state index contributed by atoms with van der Waals surface area (Å²) in [4.78, 5) is 25.0. The molecular formula is C25H23NO3. The normalized spacial score (nSPS) is 11.1. The number of nitrogens with zero attached hydrogens (tertiary/aromatic N) is 1. The molecule has 0 bridgehead atoms. The Labute approximate surface area is 170 Å². The zero-order chi connectivity index (χ0) is 20.6. The summed E-state index contributed by atoms with van der Waals surface area (Å²) in [5.41, 5.74) is 3.73. The molecule has 4 heteroatoms. The first-order chi connectivity index (χ1) is 14.0. The zero-order valence-corrected chi connectivity index (χ0v) is 16.3. The highest BCUT2D eigenvalue weighted by atomic mass is 16.3. The molecule has 3 aromatic rings. The Morgan fingerprint density at radius 3 is 1.90 bits per heavy atom. The van der Waals surface area contributed by atoms with Crippen LogP contribution in [0.3, 0.4) is 0 Å². The fourth-order valence-corrected chi connectivity index (χ4v) is 3.02. The molecule has 0 aliphatic rings. The van der Waals surface area contributed by atoms with Gasteiger partial charge >= 0.3 is 0 Å². The number of allylic oxidation sites excluding steroid dienone is 1. The molecule has 0 aliphatic heterocycles. The van der Waals surface area contributed by atoms with E-state index in [1.165, 1.54) is 18.1 Å². The van der Waals surface area contributed by atoms with Gasteiger partial charge in [0, 0.05) is 37.3 Å². The van der Waals surface area contributed by atoms with Crippen LogP contribution >= 0.6 is 0 Å². The number of benzene rings is 3. The minimum Gasteiger partial charge on any atom is -0.507 e. The van der Waals surface area contributed by atoms with E-state index in [4.69, 9.17) is 0 Å². The van der Waals surface area contributed by atoms with E-state index in [-0.39, 0.29) is 5.76 Å². The minimum absolute atomic E-state index is 0.216. The number of carbonyl (C=O) groups excluding carboxylic acids is 2. The third-order valence-corrected chi connectivity index (χ3v) is 4.55. The molecule has 0 unspecified atom stereocenters. The molecule has 3 rings (SSSR count). The Kier molecular flexibility index (Phi) is 6.59. The highest BCUT2D eigenvalue weighted by Gasteiger charge is 2.12. The zero-order valence-electron chi connectivity index (χ0n) is 16.3. The largest absolute Gasteiger partial charge is 0.507 e. The van der Waals surface area contributed by atoms with E-state index in [9.17, 15) is 14.7 Å². The molecule has 0 spiro atoms. The Morgan fingerprint density at radius 1 is 0.828 bits per heavy atom. The van der Waals surface area contributed by atoms with E-state index in [1.54, 1.807) is 6.07 Å². The maximum atomic E-state index is 11.6. The van der Waals surface area contributed by atoms with E-state index in [0.717, 1.165) is 11.8 Å². The van der Waals surface area contributed by atoms with Crippen LogP contribution in [0.1, 0.15) is 23.6 Å². The van der Waals surface area contributed by atoms with E-state index in [0.29, 0.717) is 18.7 Å². The number of carbonyl (C=O) groups is 2. The highest BCUT2D eigenvalue weighted by molar-refractivity contribution is 6.41. The lowest BCUT2D eigenvalue weighted by atomic mass is 10.1. The third kappa shape index (κ3) is 5.66. The predicted octanol–water partition coefficient (Wildman–Crippen LogP) is 4.95. The lowest BCUT2D eigenvalue weighted by Gasteiger charge is -2.26. The number of rotatable bonds is 8. The first-order valence-corrected chi connectivity index (χ1v) is 9.42. The van der Waals surface area contributed by atoms with E-state index >= 15 is 0 Å². The summed E-state index contributed by atoms with van der Waals surface area (Å²) in [6.07, 6.45) is 0.972. The van der Waals surface area contributed by atoms with Gasteiger partial charge in [-0.25, -0.2) is 0 Å². The number of ketones is 2. The van der Waals surface area contributed by atoms with Gasteiger partial charge in [0.2, 0.25) is 5.78 Å². The lowest BCUT2D eigenvalue weighted by Crippen LogP contribution is -2.22. The fourth-order valence-electron chi connectivity index (χ4n) is 3.02. The van der Waals surface area contributed by atoms with Crippen molar-refractivity contribution in [1.82, 2.24) is 0 Å².